The van der Waals surface area contributed by atoms with Crippen molar-refractivity contribution in [2.24, 2.45) is 5.92 Å². The second kappa shape index (κ2) is 26.3. The lowest BCUT2D eigenvalue weighted by Crippen LogP contribution is -2.58. The third-order valence-corrected chi connectivity index (χ3v) is 16.7. The molecule has 5 fully saturated rings. The Hall–Kier alpha value is -4.34. The SMILES string of the molecule is CO[C@H](C(=O)[C@@H](O)[C@@H](C)O)[C@@H]1Cc2cc3cc(O[C@H]4C[C@@H](O[C@H]5C[C@@H](O)[C@H](OC(=O)CCC(=O)O)[C@@H](C)O5)[C@H](O)[C@@H](C)O4)c(C)c(O)c3c(O)c2C(=O)[C@H]1O[C@H]1C[C@@H](O[C@H]2C[C@@H](O[C@H]3C[C@](C)(O)[C@H](O)[C@@H](C)O3)[C@@H](O)[C@@H](C)O2)[C@H](O)[C@@H](C)O1. The topological polar surface area (TPSA) is 402 Å². The van der Waals surface area contributed by atoms with Gasteiger partial charge in [0, 0.05) is 50.7 Å². The van der Waals surface area contributed by atoms with E-state index in [1.54, 1.807) is 20.8 Å². The van der Waals surface area contributed by atoms with Crippen molar-refractivity contribution in [3.8, 4) is 17.2 Å². The number of carbonyl (C=O) groups excluding carboxylic acids is 3. The first-order chi connectivity index (χ1) is 39.0. The summed E-state index contributed by atoms with van der Waals surface area (Å²) in [6.07, 6.45) is -29.2. The summed E-state index contributed by atoms with van der Waals surface area (Å²) in [5.41, 5.74) is -1.59. The van der Waals surface area contributed by atoms with Crippen molar-refractivity contribution in [3.05, 3.63) is 28.8 Å². The average Bonchev–Trinajstić information content (AvgIpc) is 3.14. The summed E-state index contributed by atoms with van der Waals surface area (Å²) < 4.78 is 72.2. The molecule has 0 bridgehead atoms. The molecule has 0 radical (unpaired) electrons. The van der Waals surface area contributed by atoms with Crippen molar-refractivity contribution in [3.63, 3.8) is 0 Å². The normalized spacial score (nSPS) is 39.8. The summed E-state index contributed by atoms with van der Waals surface area (Å²) >= 11 is 0. The highest BCUT2D eigenvalue weighted by Crippen LogP contribution is 2.48. The lowest BCUT2D eigenvalue weighted by atomic mass is 9.75. The Balaban J connectivity index is 1.01. The number of ketones is 2. The van der Waals surface area contributed by atoms with Crippen molar-refractivity contribution in [1.29, 1.82) is 0 Å². The van der Waals surface area contributed by atoms with Gasteiger partial charge in [-0.2, -0.15) is 0 Å². The number of hydrogen-bond donors (Lipinski definition) is 11. The molecule has 2 aromatic rings. The molecule has 1 aliphatic carbocycles. The number of aromatic hydroxyl groups is 2. The number of methoxy groups -OCH3 is 1. The molecule has 0 aromatic heterocycles. The van der Waals surface area contributed by atoms with Crippen LogP contribution in [0.25, 0.3) is 10.8 Å². The maximum atomic E-state index is 15.1. The van der Waals surface area contributed by atoms with Crippen LogP contribution in [0.15, 0.2) is 12.1 Å². The van der Waals surface area contributed by atoms with E-state index in [0.29, 0.717) is 0 Å². The number of benzene rings is 2. The Bertz CT molecular complexity index is 2620. The molecule has 25 atom stereocenters. The van der Waals surface area contributed by atoms with E-state index in [4.69, 9.17) is 61.9 Å². The number of fused-ring (bicyclic) bond motifs is 2. The summed E-state index contributed by atoms with van der Waals surface area (Å²) in [5.74, 6) is -6.28. The minimum Gasteiger partial charge on any atom is -0.507 e. The first-order valence-corrected chi connectivity index (χ1v) is 28.1. The molecule has 0 amide bonds. The zero-order chi connectivity index (χ0) is 60.8. The highest BCUT2D eigenvalue weighted by atomic mass is 16.7. The Morgan fingerprint density at radius 3 is 1.77 bits per heavy atom. The molecule has 5 heterocycles. The van der Waals surface area contributed by atoms with Crippen LogP contribution < -0.4 is 4.74 Å². The van der Waals surface area contributed by atoms with Crippen LogP contribution in [0, 0.1) is 12.8 Å². The van der Waals surface area contributed by atoms with Crippen LogP contribution in [0.4, 0.5) is 0 Å². The number of aliphatic hydroxyl groups is 8. The van der Waals surface area contributed by atoms with Crippen molar-refractivity contribution < 1.29 is 132 Å². The molecule has 0 spiro atoms. The van der Waals surface area contributed by atoms with Crippen molar-refractivity contribution in [1.82, 2.24) is 0 Å². The van der Waals surface area contributed by atoms with E-state index in [1.165, 1.54) is 53.9 Å². The van der Waals surface area contributed by atoms with Gasteiger partial charge in [-0.1, -0.05) is 0 Å². The number of aliphatic carboxylic acids is 1. The van der Waals surface area contributed by atoms with Gasteiger partial charge in [0.25, 0.3) is 0 Å². The minimum absolute atomic E-state index is 0.0507. The molecule has 8 rings (SSSR count). The standard InChI is InChI=1S/C56H80O27/c1-20-31(78-38-16-32(46(64)22(3)73-38)79-37-15-30(58)52(25(6)76-37)82-36(61)11-10-35(59)60)14-28-12-27-13-29(53(72-9)51(69)45(63)21(2)57)54(50(68)43(27)49(67)42(28)44(20)62)83-40-18-33(47(65)24(5)75-40)80-39-17-34(48(66)23(4)74-39)81-41-19-56(8,71)55(70)26(7)77-41/h12,14,21-26,29-30,32-34,37-41,45-48,52-55,57-58,62-67,70-71H,10-11,13,15-19H2,1-9H3,(H,59,60)/t21-,22-,23-,24-,25-,26-,29+,30-,32-,33-,34-,37+,38+,39+,40+,41+,45+,46-,47-,48+,52-,53+,54+,55-,56+/m1/s1. The van der Waals surface area contributed by atoms with Gasteiger partial charge in [0.2, 0.25) is 6.29 Å². The second-order valence-electron chi connectivity index (χ2n) is 23.1. The Labute approximate surface area is 478 Å². The fraction of sp³-hybridized carbons (Fsp3) is 0.750. The van der Waals surface area contributed by atoms with Gasteiger partial charge in [0.15, 0.2) is 42.8 Å². The lowest BCUT2D eigenvalue weighted by Gasteiger charge is -2.46. The van der Waals surface area contributed by atoms with E-state index >= 15 is 4.79 Å². The van der Waals surface area contributed by atoms with Gasteiger partial charge >= 0.3 is 11.9 Å². The Morgan fingerprint density at radius 2 is 1.23 bits per heavy atom. The zero-order valence-corrected chi connectivity index (χ0v) is 47.6. The number of Topliss-reactive ketones (excluding diaryl/α,β-unsaturated/α-hetero) is 2. The predicted molar refractivity (Wildman–Crippen MR) is 279 cm³/mol. The van der Waals surface area contributed by atoms with E-state index in [0.717, 1.165) is 0 Å². The molecule has 0 unspecified atom stereocenters. The molecule has 0 saturated carbocycles. The maximum absolute atomic E-state index is 15.1. The molecule has 27 heteroatoms. The number of esters is 1. The van der Waals surface area contributed by atoms with Crippen LogP contribution in [0.5, 0.6) is 17.2 Å². The van der Waals surface area contributed by atoms with E-state index < -0.39 is 201 Å². The number of ether oxygens (including phenoxy) is 12. The van der Waals surface area contributed by atoms with Crippen LogP contribution in [0.1, 0.15) is 115 Å². The van der Waals surface area contributed by atoms with Crippen molar-refractivity contribution >= 4 is 34.3 Å². The largest absolute Gasteiger partial charge is 0.507 e. The molecule has 466 valence electrons. The monoisotopic (exact) mass is 1180 g/mol. The number of carbonyl (C=O) groups is 4. The fourth-order valence-electron chi connectivity index (χ4n) is 11.9. The molecule has 27 nitrogen and oxygen atoms in total. The minimum atomic E-state index is -1.97. The molecule has 5 saturated heterocycles. The maximum Gasteiger partial charge on any atom is 0.306 e. The summed E-state index contributed by atoms with van der Waals surface area (Å²) in [4.78, 5) is 52.2. The number of carboxylic acid groups (broad SMARTS) is 1. The first-order valence-electron chi connectivity index (χ1n) is 28.1. The number of rotatable bonds is 19. The third-order valence-electron chi connectivity index (χ3n) is 16.7. The van der Waals surface area contributed by atoms with E-state index in [9.17, 15) is 65.4 Å². The van der Waals surface area contributed by atoms with Crippen LogP contribution >= 0.6 is 0 Å². The summed E-state index contributed by atoms with van der Waals surface area (Å²) in [6.45, 7) is 11.9. The van der Waals surface area contributed by atoms with Gasteiger partial charge in [0.05, 0.1) is 90.4 Å². The van der Waals surface area contributed by atoms with E-state index in [2.05, 4.69) is 0 Å². The fourth-order valence-corrected chi connectivity index (χ4v) is 11.9. The highest BCUT2D eigenvalue weighted by Gasteiger charge is 2.52. The molecule has 2 aromatic carbocycles. The molecule has 83 heavy (non-hydrogen) atoms. The van der Waals surface area contributed by atoms with Gasteiger partial charge in [-0.15, -0.1) is 0 Å². The molecule has 5 aliphatic heterocycles. The van der Waals surface area contributed by atoms with E-state index in [-0.39, 0.29) is 71.7 Å². The predicted octanol–water partition coefficient (Wildman–Crippen LogP) is 0.166. The van der Waals surface area contributed by atoms with Crippen LogP contribution in [0.3, 0.4) is 0 Å². The Kier molecular flexibility index (Phi) is 20.5. The van der Waals surface area contributed by atoms with Crippen LogP contribution in [-0.2, 0) is 72.9 Å². The molecular formula is C56H80O27. The number of phenolic OH excluding ortho intramolecular Hbond substituents is 2. The van der Waals surface area contributed by atoms with Crippen molar-refractivity contribution in [2.75, 3.05) is 7.11 Å². The number of aliphatic hydroxyl groups excluding tert-OH is 7. The second-order valence-corrected chi connectivity index (χ2v) is 23.1. The zero-order valence-electron chi connectivity index (χ0n) is 47.6. The molecule has 11 N–H and O–H groups in total. The third kappa shape index (κ3) is 14.1. The highest BCUT2D eigenvalue weighted by molar-refractivity contribution is 6.11. The quantitative estimate of drug-likeness (QED) is 0.0835. The lowest BCUT2D eigenvalue weighted by molar-refractivity contribution is -0.334. The molecular weight excluding hydrogens is 1100 g/mol. The number of carboxylic acids is 1. The van der Waals surface area contributed by atoms with Crippen LogP contribution in [0.2, 0.25) is 0 Å². The van der Waals surface area contributed by atoms with Crippen molar-refractivity contribution in [2.45, 2.75) is 254 Å². The smallest absolute Gasteiger partial charge is 0.306 e. The van der Waals surface area contributed by atoms with Gasteiger partial charge in [0.1, 0.15) is 60.0 Å². The van der Waals surface area contributed by atoms with Gasteiger partial charge in [-0.25, -0.2) is 0 Å². The summed E-state index contributed by atoms with van der Waals surface area (Å²) in [7, 11) is 1.17. The van der Waals surface area contributed by atoms with Crippen LogP contribution in [-0.4, -0.2) is 234 Å². The number of hydrogen-bond acceptors (Lipinski definition) is 26. The summed E-state index contributed by atoms with van der Waals surface area (Å²) in [5, 5.41) is 120. The Morgan fingerprint density at radius 1 is 0.711 bits per heavy atom. The number of phenols is 2. The van der Waals surface area contributed by atoms with Gasteiger partial charge < -0.3 is 113 Å². The average molecular weight is 1190 g/mol. The first kappa shape index (κ1) is 64.7. The molecule has 6 aliphatic rings. The summed E-state index contributed by atoms with van der Waals surface area (Å²) in [6, 6.07) is 2.97. The van der Waals surface area contributed by atoms with Gasteiger partial charge in [-0.05, 0) is 84.9 Å². The van der Waals surface area contributed by atoms with Gasteiger partial charge in [-0.3, -0.25) is 19.2 Å². The van der Waals surface area contributed by atoms with E-state index in [1.807, 2.05) is 0 Å².